The van der Waals surface area contributed by atoms with Crippen LogP contribution in [0.1, 0.15) is 24.2 Å². The summed E-state index contributed by atoms with van der Waals surface area (Å²) >= 11 is 5.60. The zero-order chi connectivity index (χ0) is 24.2. The van der Waals surface area contributed by atoms with Crippen LogP contribution in [0.25, 0.3) is 0 Å². The van der Waals surface area contributed by atoms with Crippen molar-refractivity contribution < 1.29 is 36.3 Å². The van der Waals surface area contributed by atoms with Gasteiger partial charge in [0.25, 0.3) is 5.91 Å². The van der Waals surface area contributed by atoms with Crippen LogP contribution in [0, 0.1) is 5.82 Å². The summed E-state index contributed by atoms with van der Waals surface area (Å²) in [6.45, 7) is -0.353. The van der Waals surface area contributed by atoms with E-state index in [4.69, 9.17) is 20.8 Å². The topological polar surface area (TPSA) is 92.6 Å². The van der Waals surface area contributed by atoms with Gasteiger partial charge in [-0.25, -0.2) is 4.39 Å². The summed E-state index contributed by atoms with van der Waals surface area (Å²) < 4.78 is 61.3. The molecule has 1 aliphatic rings. The van der Waals surface area contributed by atoms with Crippen molar-refractivity contribution >= 4 is 33.7 Å². The van der Waals surface area contributed by atoms with Crippen LogP contribution in [0.5, 0.6) is 5.75 Å². The third-order valence-corrected chi connectivity index (χ3v) is 5.74. The Morgan fingerprint density at radius 1 is 1.33 bits per heavy atom. The van der Waals surface area contributed by atoms with E-state index >= 15 is 0 Å². The minimum Gasteiger partial charge on any atom is -0.484 e. The molecule has 1 fully saturated rings. The Morgan fingerprint density at radius 2 is 2.09 bits per heavy atom. The fraction of sp³-hybridized carbons (Fsp3) is 0.400. The van der Waals surface area contributed by atoms with Crippen molar-refractivity contribution in [2.24, 2.45) is 0 Å². The molecule has 177 valence electrons. The number of carbonyl (C=O) groups excluding carboxylic acids is 2. The van der Waals surface area contributed by atoms with E-state index < -0.39 is 40.6 Å². The van der Waals surface area contributed by atoms with Crippen molar-refractivity contribution in [1.82, 2.24) is 16.0 Å². The number of carbonyl (C=O) groups is 2. The average molecular weight is 505 g/mol. The maximum Gasteiger partial charge on any atom is 0.419 e. The van der Waals surface area contributed by atoms with Crippen molar-refractivity contribution in [3.8, 4) is 5.75 Å². The van der Waals surface area contributed by atoms with Gasteiger partial charge in [-0.1, -0.05) is 11.6 Å². The van der Waals surface area contributed by atoms with Gasteiger partial charge < -0.3 is 25.1 Å². The lowest BCUT2D eigenvalue weighted by Crippen LogP contribution is -2.63. The zero-order valence-corrected chi connectivity index (χ0v) is 18.8. The Labute approximate surface area is 194 Å². The number of alkyl halides is 3. The monoisotopic (exact) mass is 504 g/mol. The highest BCUT2D eigenvalue weighted by atomic mass is 35.5. The van der Waals surface area contributed by atoms with Gasteiger partial charge in [0.1, 0.15) is 23.6 Å². The van der Waals surface area contributed by atoms with Crippen LogP contribution >= 0.6 is 11.6 Å². The summed E-state index contributed by atoms with van der Waals surface area (Å²) in [6, 6.07) is 4.04. The number of hydrogen-bond donors (Lipinski definition) is 3. The predicted molar refractivity (Wildman–Crippen MR) is 110 cm³/mol. The molecule has 33 heavy (non-hydrogen) atoms. The Balaban J connectivity index is 1.42. The molecule has 13 heteroatoms. The maximum absolute atomic E-state index is 13.4. The van der Waals surface area contributed by atoms with Crippen molar-refractivity contribution in [1.29, 1.82) is 0 Å². The summed E-state index contributed by atoms with van der Waals surface area (Å²) in [5, 5.41) is 7.34. The largest absolute Gasteiger partial charge is 0.484 e. The van der Waals surface area contributed by atoms with Crippen LogP contribution in [-0.4, -0.2) is 46.4 Å². The number of hydrogen-bond acceptors (Lipinski definition) is 5. The van der Waals surface area contributed by atoms with E-state index in [1.54, 1.807) is 0 Å². The van der Waals surface area contributed by atoms with Gasteiger partial charge in [-0.05, 0) is 31.0 Å². The molecule has 1 aromatic carbocycles. The summed E-state index contributed by atoms with van der Waals surface area (Å²) in [5.74, 6) is -1.42. The van der Waals surface area contributed by atoms with Crippen LogP contribution in [-0.2, 0) is 22.3 Å². The van der Waals surface area contributed by atoms with Crippen LogP contribution in [0.2, 0.25) is 5.02 Å². The second-order valence-corrected chi connectivity index (χ2v) is 8.85. The highest BCUT2D eigenvalue weighted by Gasteiger charge is 2.35. The molecule has 2 atom stereocenters. The molecule has 2 amide bonds. The number of rotatable bonds is 7. The molecule has 3 radical (unpaired) electrons. The lowest BCUT2D eigenvalue weighted by molar-refractivity contribution is -0.138. The van der Waals surface area contributed by atoms with Gasteiger partial charge in [-0.2, -0.15) is 13.2 Å². The first-order chi connectivity index (χ1) is 15.4. The molecule has 0 bridgehead atoms. The number of furan rings is 1. The highest BCUT2D eigenvalue weighted by molar-refractivity contribution is 6.30. The highest BCUT2D eigenvalue weighted by Crippen LogP contribution is 2.30. The molecule has 0 unspecified atom stereocenters. The molecule has 2 aromatic rings. The van der Waals surface area contributed by atoms with Crippen molar-refractivity contribution in [3.63, 3.8) is 0 Å². The fourth-order valence-electron chi connectivity index (χ4n) is 3.15. The lowest BCUT2D eigenvalue weighted by Gasteiger charge is -2.38. The van der Waals surface area contributed by atoms with Crippen LogP contribution < -0.4 is 20.7 Å². The van der Waals surface area contributed by atoms with Gasteiger partial charge in [-0.15, -0.1) is 0 Å². The van der Waals surface area contributed by atoms with Gasteiger partial charge in [0, 0.05) is 17.8 Å². The third-order valence-electron chi connectivity index (χ3n) is 4.88. The maximum atomic E-state index is 13.4. The van der Waals surface area contributed by atoms with E-state index in [2.05, 4.69) is 26.2 Å². The van der Waals surface area contributed by atoms with E-state index in [1.165, 1.54) is 12.1 Å². The Bertz CT molecular complexity index is 1010. The summed E-state index contributed by atoms with van der Waals surface area (Å²) in [5.41, 5.74) is -0.924. The molecule has 1 aliphatic heterocycles. The van der Waals surface area contributed by atoms with Crippen molar-refractivity contribution in [3.05, 3.63) is 52.7 Å². The Hall–Kier alpha value is -2.57. The van der Waals surface area contributed by atoms with Crippen molar-refractivity contribution in [2.75, 3.05) is 13.2 Å². The van der Waals surface area contributed by atoms with Crippen LogP contribution in [0.3, 0.4) is 0 Å². The first-order valence-electron chi connectivity index (χ1n) is 9.75. The molecule has 1 saturated heterocycles. The van der Waals surface area contributed by atoms with Gasteiger partial charge in [0.05, 0.1) is 33.4 Å². The molecule has 0 saturated carbocycles. The van der Waals surface area contributed by atoms with E-state index in [0.717, 1.165) is 12.1 Å². The summed E-state index contributed by atoms with van der Waals surface area (Å²) in [6.07, 6.45) is -3.20. The third kappa shape index (κ3) is 6.95. The fourth-order valence-corrected chi connectivity index (χ4v) is 3.65. The first-order valence-corrected chi connectivity index (χ1v) is 10.6. The van der Waals surface area contributed by atoms with E-state index in [9.17, 15) is 27.2 Å². The van der Waals surface area contributed by atoms with E-state index in [0.29, 0.717) is 19.1 Å². The van der Waals surface area contributed by atoms with Gasteiger partial charge >= 0.3 is 6.18 Å². The van der Waals surface area contributed by atoms with Gasteiger partial charge in [-0.3, -0.25) is 9.59 Å². The lowest BCUT2D eigenvalue weighted by atomic mass is 9.99. The Kier molecular flexibility index (Phi) is 7.70. The molecule has 7 nitrogen and oxygen atoms in total. The normalized spacial score (nSPS) is 20.8. The van der Waals surface area contributed by atoms with E-state index in [1.807, 2.05) is 0 Å². The number of benzene rings is 1. The summed E-state index contributed by atoms with van der Waals surface area (Å²) in [7, 11) is 3.50. The summed E-state index contributed by atoms with van der Waals surface area (Å²) in [4.78, 5) is 24.5. The molecular weight excluding hydrogens is 486 g/mol. The SMILES string of the molecule is O=C(COc1ccc(Cl)c(F)c1)N[C@]1([Si])CC[C@H](C(=O)NCc2cc(C(F)(F)F)co2)NC1. The molecule has 1 aromatic heterocycles. The molecule has 2 heterocycles. The number of piperidine rings is 1. The minimum absolute atomic E-state index is 0.0196. The molecule has 3 N–H and O–H groups in total. The first kappa shape index (κ1) is 25.1. The quantitative estimate of drug-likeness (QED) is 0.398. The minimum atomic E-state index is -4.52. The predicted octanol–water partition coefficient (Wildman–Crippen LogP) is 2.52. The van der Waals surface area contributed by atoms with Gasteiger partial charge in [0.2, 0.25) is 5.91 Å². The molecular formula is C20H19ClF4N3O4Si. The smallest absolute Gasteiger partial charge is 0.419 e. The standard InChI is InChI=1S/C20H19ClF4N3O4Si/c21-14-2-1-12(6-15(14)22)32-9-17(29)28-19(33)4-3-16(27-10-19)18(30)26-7-13-5-11(8-31-13)20(23,24)25/h1-2,5-6,8,16,27H,3-4,7,9-10H2,(H,26,30)(H,28,29)/t16-,19+/m1/s1. The van der Waals surface area contributed by atoms with Crippen LogP contribution in [0.4, 0.5) is 17.6 Å². The number of nitrogens with one attached hydrogen (secondary N) is 3. The molecule has 3 rings (SSSR count). The Morgan fingerprint density at radius 3 is 2.70 bits per heavy atom. The average Bonchev–Trinajstić information content (AvgIpc) is 3.23. The second kappa shape index (κ2) is 10.1. The van der Waals surface area contributed by atoms with Gasteiger partial charge in [0.15, 0.2) is 6.61 Å². The number of halogens is 5. The second-order valence-electron chi connectivity index (χ2n) is 7.48. The molecule has 0 aliphatic carbocycles. The van der Waals surface area contributed by atoms with Crippen molar-refractivity contribution in [2.45, 2.75) is 36.8 Å². The molecule has 0 spiro atoms. The van der Waals surface area contributed by atoms with Crippen LogP contribution in [0.15, 0.2) is 34.9 Å². The zero-order valence-electron chi connectivity index (χ0n) is 17.0. The number of amides is 2. The number of ether oxygens (including phenoxy) is 1. The van der Waals surface area contributed by atoms with E-state index in [-0.39, 0.29) is 36.2 Å².